The van der Waals surface area contributed by atoms with Gasteiger partial charge in [-0.2, -0.15) is 4.31 Å². The summed E-state index contributed by atoms with van der Waals surface area (Å²) in [4.78, 5) is 35.9. The van der Waals surface area contributed by atoms with Crippen LogP contribution >= 0.6 is 11.6 Å². The molecule has 2 rings (SSSR count). The minimum Gasteiger partial charge on any atom is -0.455 e. The van der Waals surface area contributed by atoms with Gasteiger partial charge in [-0.15, -0.1) is 0 Å². The Morgan fingerprint density at radius 1 is 1.20 bits per heavy atom. The number of amides is 3. The van der Waals surface area contributed by atoms with Crippen LogP contribution in [0.5, 0.6) is 0 Å². The van der Waals surface area contributed by atoms with Gasteiger partial charge in [0, 0.05) is 23.7 Å². The third-order valence-electron chi connectivity index (χ3n) is 4.26. The lowest BCUT2D eigenvalue weighted by molar-refractivity contribution is -0.153. The fraction of sp³-hybridized carbons (Fsp3) is 0.526. The van der Waals surface area contributed by atoms with Gasteiger partial charge >= 0.3 is 12.0 Å². The second-order valence-corrected chi connectivity index (χ2v) is 10.4. The van der Waals surface area contributed by atoms with E-state index >= 15 is 0 Å². The number of carbonyl (C=O) groups excluding carboxylic acids is 3. The number of esters is 1. The van der Waals surface area contributed by atoms with Crippen molar-refractivity contribution in [3.8, 4) is 0 Å². The number of ether oxygens (including phenoxy) is 1. The fourth-order valence-corrected chi connectivity index (χ4v) is 4.55. The topological polar surface area (TPSA) is 122 Å². The van der Waals surface area contributed by atoms with Crippen molar-refractivity contribution in [3.63, 3.8) is 0 Å². The highest BCUT2D eigenvalue weighted by molar-refractivity contribution is 7.89. The third kappa shape index (κ3) is 6.96. The number of benzene rings is 1. The molecule has 3 amide bonds. The van der Waals surface area contributed by atoms with E-state index in [1.54, 1.807) is 20.8 Å². The standard InChI is InChI=1S/C19H26ClN3O6S/c1-19(2,3)22-18(26)21-16(24)12-29-17(25)13-5-4-10-23(11-13)30(27,28)15-8-6-14(20)7-9-15/h6-9,13H,4-5,10-12H2,1-3H3,(H2,21,22,24,26). The second kappa shape index (κ2) is 9.76. The zero-order chi connectivity index (χ0) is 22.5. The van der Waals surface area contributed by atoms with E-state index in [4.69, 9.17) is 16.3 Å². The largest absolute Gasteiger partial charge is 0.455 e. The van der Waals surface area contributed by atoms with Crippen molar-refractivity contribution in [3.05, 3.63) is 29.3 Å². The van der Waals surface area contributed by atoms with E-state index in [2.05, 4.69) is 10.6 Å². The molecule has 166 valence electrons. The molecule has 1 heterocycles. The predicted octanol–water partition coefficient (Wildman–Crippen LogP) is 1.91. The van der Waals surface area contributed by atoms with Crippen LogP contribution in [-0.4, -0.2) is 55.9 Å². The van der Waals surface area contributed by atoms with Gasteiger partial charge in [-0.3, -0.25) is 14.9 Å². The molecule has 0 bridgehead atoms. The number of rotatable bonds is 5. The van der Waals surface area contributed by atoms with Crippen LogP contribution in [0.4, 0.5) is 4.79 Å². The average Bonchev–Trinajstić information content (AvgIpc) is 2.65. The van der Waals surface area contributed by atoms with E-state index in [0.717, 1.165) is 0 Å². The van der Waals surface area contributed by atoms with Gasteiger partial charge in [0.05, 0.1) is 10.8 Å². The van der Waals surface area contributed by atoms with Crippen molar-refractivity contribution in [2.75, 3.05) is 19.7 Å². The first-order valence-corrected chi connectivity index (χ1v) is 11.2. The molecule has 2 N–H and O–H groups in total. The number of piperidine rings is 1. The molecule has 1 saturated heterocycles. The van der Waals surface area contributed by atoms with Crippen molar-refractivity contribution in [1.29, 1.82) is 0 Å². The molecule has 1 unspecified atom stereocenters. The van der Waals surface area contributed by atoms with Gasteiger partial charge in [-0.1, -0.05) is 11.6 Å². The number of sulfonamides is 1. The summed E-state index contributed by atoms with van der Waals surface area (Å²) in [7, 11) is -3.78. The first-order chi connectivity index (χ1) is 13.9. The summed E-state index contributed by atoms with van der Waals surface area (Å²) in [5.41, 5.74) is -0.526. The number of carbonyl (C=O) groups is 3. The van der Waals surface area contributed by atoms with E-state index in [1.165, 1.54) is 28.6 Å². The van der Waals surface area contributed by atoms with Crippen LogP contribution in [0.15, 0.2) is 29.2 Å². The highest BCUT2D eigenvalue weighted by Crippen LogP contribution is 2.25. The maximum Gasteiger partial charge on any atom is 0.321 e. The zero-order valence-electron chi connectivity index (χ0n) is 17.1. The maximum absolute atomic E-state index is 12.8. The quantitative estimate of drug-likeness (QED) is 0.648. The Hall–Kier alpha value is -2.17. The van der Waals surface area contributed by atoms with Crippen molar-refractivity contribution in [2.24, 2.45) is 5.92 Å². The lowest BCUT2D eigenvalue weighted by atomic mass is 10.00. The molecule has 1 fully saturated rings. The SMILES string of the molecule is CC(C)(C)NC(=O)NC(=O)COC(=O)C1CCCN(S(=O)(=O)c2ccc(Cl)cc2)C1. The fourth-order valence-electron chi connectivity index (χ4n) is 2.90. The molecule has 1 aromatic rings. The van der Waals surface area contributed by atoms with Crippen LogP contribution in [0.25, 0.3) is 0 Å². The highest BCUT2D eigenvalue weighted by atomic mass is 35.5. The Balaban J connectivity index is 1.90. The Kier molecular flexibility index (Phi) is 7.84. The first kappa shape index (κ1) is 24.1. The second-order valence-electron chi connectivity index (χ2n) is 8.02. The molecule has 1 aliphatic rings. The average molecular weight is 460 g/mol. The lowest BCUT2D eigenvalue weighted by Crippen LogP contribution is -2.49. The number of nitrogens with one attached hydrogen (secondary N) is 2. The minimum absolute atomic E-state index is 0.0457. The molecule has 0 spiro atoms. The monoisotopic (exact) mass is 459 g/mol. The summed E-state index contributed by atoms with van der Waals surface area (Å²) in [6.07, 6.45) is 0.921. The van der Waals surface area contributed by atoms with Gasteiger partial charge in [0.25, 0.3) is 5.91 Å². The van der Waals surface area contributed by atoms with Crippen LogP contribution in [0.3, 0.4) is 0 Å². The van der Waals surface area contributed by atoms with E-state index in [0.29, 0.717) is 17.9 Å². The van der Waals surface area contributed by atoms with Crippen LogP contribution in [0, 0.1) is 5.92 Å². The van der Waals surface area contributed by atoms with Crippen LogP contribution in [-0.2, 0) is 24.3 Å². The molecule has 0 saturated carbocycles. The van der Waals surface area contributed by atoms with Gasteiger partial charge in [0.2, 0.25) is 10.0 Å². The van der Waals surface area contributed by atoms with E-state index in [-0.39, 0.29) is 18.0 Å². The number of nitrogens with zero attached hydrogens (tertiary/aromatic N) is 1. The summed E-state index contributed by atoms with van der Waals surface area (Å²) in [5, 5.41) is 5.04. The van der Waals surface area contributed by atoms with Gasteiger partial charge in [-0.05, 0) is 57.9 Å². The molecule has 1 atom stereocenters. The Labute approximate surface area is 181 Å². The Morgan fingerprint density at radius 3 is 2.43 bits per heavy atom. The van der Waals surface area contributed by atoms with E-state index in [9.17, 15) is 22.8 Å². The Morgan fingerprint density at radius 2 is 1.83 bits per heavy atom. The maximum atomic E-state index is 12.8. The van der Waals surface area contributed by atoms with Crippen molar-refractivity contribution in [1.82, 2.24) is 14.9 Å². The summed E-state index contributed by atoms with van der Waals surface area (Å²) in [6.45, 7) is 4.87. The molecule has 0 radical (unpaired) electrons. The van der Waals surface area contributed by atoms with Crippen LogP contribution in [0.1, 0.15) is 33.6 Å². The molecular formula is C19H26ClN3O6S. The molecule has 1 aliphatic heterocycles. The van der Waals surface area contributed by atoms with Crippen molar-refractivity contribution < 1.29 is 27.5 Å². The van der Waals surface area contributed by atoms with Gasteiger partial charge in [-0.25, -0.2) is 13.2 Å². The van der Waals surface area contributed by atoms with Crippen LogP contribution in [0.2, 0.25) is 5.02 Å². The number of hydrogen-bond acceptors (Lipinski definition) is 6. The summed E-state index contributed by atoms with van der Waals surface area (Å²) < 4.78 is 31.8. The number of halogens is 1. The molecule has 0 aromatic heterocycles. The number of imide groups is 1. The van der Waals surface area contributed by atoms with Gasteiger partial charge in [0.1, 0.15) is 0 Å². The molecule has 1 aromatic carbocycles. The van der Waals surface area contributed by atoms with E-state index < -0.39 is 46.0 Å². The molecule has 11 heteroatoms. The van der Waals surface area contributed by atoms with Crippen molar-refractivity contribution >= 4 is 39.5 Å². The van der Waals surface area contributed by atoms with Crippen molar-refractivity contribution in [2.45, 2.75) is 44.0 Å². The predicted molar refractivity (Wildman–Crippen MR) is 110 cm³/mol. The highest BCUT2D eigenvalue weighted by Gasteiger charge is 2.34. The molecule has 0 aliphatic carbocycles. The molecular weight excluding hydrogens is 434 g/mol. The normalized spacial score (nSPS) is 17.8. The minimum atomic E-state index is -3.78. The zero-order valence-corrected chi connectivity index (χ0v) is 18.7. The third-order valence-corrected chi connectivity index (χ3v) is 6.39. The van der Waals surface area contributed by atoms with Gasteiger partial charge < -0.3 is 10.1 Å². The number of hydrogen-bond donors (Lipinski definition) is 2. The molecule has 30 heavy (non-hydrogen) atoms. The smallest absolute Gasteiger partial charge is 0.321 e. The van der Waals surface area contributed by atoms with E-state index in [1.807, 2.05) is 0 Å². The van der Waals surface area contributed by atoms with Gasteiger partial charge in [0.15, 0.2) is 6.61 Å². The first-order valence-electron chi connectivity index (χ1n) is 9.43. The molecule has 9 nitrogen and oxygen atoms in total. The summed E-state index contributed by atoms with van der Waals surface area (Å²) >= 11 is 5.81. The summed E-state index contributed by atoms with van der Waals surface area (Å²) in [5.74, 6) is -2.15. The lowest BCUT2D eigenvalue weighted by Gasteiger charge is -2.30. The van der Waals surface area contributed by atoms with Crippen LogP contribution < -0.4 is 10.6 Å². The number of urea groups is 1. The summed E-state index contributed by atoms with van der Waals surface area (Å²) in [6, 6.07) is 5.09. The Bertz CT molecular complexity index is 896.